The van der Waals surface area contributed by atoms with Gasteiger partial charge in [-0.05, 0) is 25.3 Å². The third-order valence-corrected chi connectivity index (χ3v) is 5.85. The van der Waals surface area contributed by atoms with Gasteiger partial charge in [-0.3, -0.25) is 9.69 Å². The summed E-state index contributed by atoms with van der Waals surface area (Å²) < 4.78 is 11.2. The highest BCUT2D eigenvalue weighted by molar-refractivity contribution is 5.94. The zero-order valence-electron chi connectivity index (χ0n) is 15.8. The van der Waals surface area contributed by atoms with Gasteiger partial charge in [-0.2, -0.15) is 0 Å². The van der Waals surface area contributed by atoms with Crippen LogP contribution in [0.2, 0.25) is 0 Å². The lowest BCUT2D eigenvalue weighted by Crippen LogP contribution is -2.42. The molecule has 27 heavy (non-hydrogen) atoms. The second-order valence-electron chi connectivity index (χ2n) is 7.58. The maximum atomic E-state index is 12.8. The van der Waals surface area contributed by atoms with Crippen LogP contribution >= 0.6 is 12.4 Å². The second-order valence-corrected chi connectivity index (χ2v) is 7.58. The average molecular weight is 396 g/mol. The normalized spacial score (nSPS) is 22.4. The van der Waals surface area contributed by atoms with E-state index in [1.54, 1.807) is 6.20 Å². The number of pyridine rings is 1. The molecular weight excluding hydrogens is 366 g/mol. The molecule has 3 fully saturated rings. The van der Waals surface area contributed by atoms with E-state index in [2.05, 4.69) is 9.88 Å². The molecule has 1 aromatic heterocycles. The summed E-state index contributed by atoms with van der Waals surface area (Å²) >= 11 is 0. The first-order valence-corrected chi connectivity index (χ1v) is 10.0. The summed E-state index contributed by atoms with van der Waals surface area (Å²) in [6.45, 7) is 5.25. The minimum atomic E-state index is 0. The number of ether oxygens (including phenoxy) is 2. The smallest absolute Gasteiger partial charge is 0.255 e. The summed E-state index contributed by atoms with van der Waals surface area (Å²) in [6, 6.07) is 4.42. The fourth-order valence-electron chi connectivity index (χ4n) is 3.98. The van der Waals surface area contributed by atoms with Crippen LogP contribution in [0.25, 0.3) is 0 Å². The Morgan fingerprint density at radius 1 is 1.04 bits per heavy atom. The standard InChI is InChI=1S/C20H29N3O3.ClH/c24-20(23-10-2-9-22(11-12-23)17-3-1-4-17)16-5-6-19(21-15-16)26-18-7-13-25-14-8-18;/h5-6,15,17-18H,1-4,7-14H2;1H. The predicted molar refractivity (Wildman–Crippen MR) is 106 cm³/mol. The lowest BCUT2D eigenvalue weighted by atomic mass is 9.91. The number of carbonyl (C=O) groups excluding carboxylic acids is 1. The Labute approximate surface area is 167 Å². The Morgan fingerprint density at radius 2 is 1.85 bits per heavy atom. The Balaban J connectivity index is 0.00000210. The van der Waals surface area contributed by atoms with Crippen molar-refractivity contribution in [1.29, 1.82) is 0 Å². The zero-order chi connectivity index (χ0) is 17.8. The van der Waals surface area contributed by atoms with E-state index in [0.717, 1.165) is 64.7 Å². The Hall–Kier alpha value is -1.37. The maximum absolute atomic E-state index is 12.8. The van der Waals surface area contributed by atoms with Crippen molar-refractivity contribution in [3.05, 3.63) is 23.9 Å². The fraction of sp³-hybridized carbons (Fsp3) is 0.700. The lowest BCUT2D eigenvalue weighted by molar-refractivity contribution is 0.0237. The number of rotatable bonds is 4. The molecule has 0 atom stereocenters. The zero-order valence-corrected chi connectivity index (χ0v) is 16.7. The van der Waals surface area contributed by atoms with Crippen molar-refractivity contribution >= 4 is 18.3 Å². The van der Waals surface area contributed by atoms with Gasteiger partial charge in [0.1, 0.15) is 6.10 Å². The van der Waals surface area contributed by atoms with Gasteiger partial charge in [0.2, 0.25) is 5.88 Å². The van der Waals surface area contributed by atoms with E-state index in [4.69, 9.17) is 9.47 Å². The first-order chi connectivity index (χ1) is 12.8. The van der Waals surface area contributed by atoms with E-state index < -0.39 is 0 Å². The largest absolute Gasteiger partial charge is 0.474 e. The summed E-state index contributed by atoms with van der Waals surface area (Å²) in [7, 11) is 0. The van der Waals surface area contributed by atoms with Gasteiger partial charge in [0.15, 0.2) is 0 Å². The van der Waals surface area contributed by atoms with Crippen LogP contribution < -0.4 is 4.74 Å². The first-order valence-electron chi connectivity index (χ1n) is 10.0. The molecule has 0 spiro atoms. The SMILES string of the molecule is Cl.O=C(c1ccc(OC2CCOCC2)nc1)N1CCCN(C2CCC2)CC1. The highest BCUT2D eigenvalue weighted by atomic mass is 35.5. The summed E-state index contributed by atoms with van der Waals surface area (Å²) in [5.74, 6) is 0.686. The van der Waals surface area contributed by atoms with Gasteiger partial charge in [-0.25, -0.2) is 4.98 Å². The number of hydrogen-bond donors (Lipinski definition) is 0. The van der Waals surface area contributed by atoms with E-state index in [0.29, 0.717) is 11.4 Å². The number of hydrogen-bond acceptors (Lipinski definition) is 5. The predicted octanol–water partition coefficient (Wildman–Crippen LogP) is 2.76. The number of amides is 1. The van der Waals surface area contributed by atoms with E-state index >= 15 is 0 Å². The first kappa shape index (κ1) is 20.4. The molecule has 3 aliphatic rings. The van der Waals surface area contributed by atoms with Crippen molar-refractivity contribution in [3.8, 4) is 5.88 Å². The van der Waals surface area contributed by atoms with Crippen LogP contribution in [-0.2, 0) is 4.74 Å². The number of nitrogens with zero attached hydrogens (tertiary/aromatic N) is 3. The second kappa shape index (κ2) is 9.71. The highest BCUT2D eigenvalue weighted by Crippen LogP contribution is 2.26. The fourth-order valence-corrected chi connectivity index (χ4v) is 3.98. The van der Waals surface area contributed by atoms with Crippen LogP contribution in [0, 0.1) is 0 Å². The van der Waals surface area contributed by atoms with E-state index in [1.807, 2.05) is 17.0 Å². The quantitative estimate of drug-likeness (QED) is 0.784. The third kappa shape index (κ3) is 5.12. The molecule has 0 aromatic carbocycles. The summed E-state index contributed by atoms with van der Waals surface area (Å²) in [4.78, 5) is 21.7. The van der Waals surface area contributed by atoms with Gasteiger partial charge in [0, 0.05) is 57.3 Å². The van der Waals surface area contributed by atoms with Crippen LogP contribution in [0.1, 0.15) is 48.9 Å². The molecule has 4 rings (SSSR count). The van der Waals surface area contributed by atoms with Crippen molar-refractivity contribution in [2.45, 2.75) is 50.7 Å². The van der Waals surface area contributed by atoms with Crippen LogP contribution in [0.3, 0.4) is 0 Å². The minimum Gasteiger partial charge on any atom is -0.474 e. The van der Waals surface area contributed by atoms with Crippen molar-refractivity contribution in [3.63, 3.8) is 0 Å². The Kier molecular flexibility index (Phi) is 7.33. The molecule has 1 amide bonds. The molecule has 1 saturated carbocycles. The molecule has 2 saturated heterocycles. The van der Waals surface area contributed by atoms with Crippen molar-refractivity contribution in [2.24, 2.45) is 0 Å². The van der Waals surface area contributed by atoms with Gasteiger partial charge >= 0.3 is 0 Å². The van der Waals surface area contributed by atoms with Crippen LogP contribution in [0.5, 0.6) is 5.88 Å². The summed E-state index contributed by atoms with van der Waals surface area (Å²) in [5.41, 5.74) is 0.654. The third-order valence-electron chi connectivity index (χ3n) is 5.85. The van der Waals surface area contributed by atoms with E-state index in [9.17, 15) is 4.79 Å². The molecule has 150 valence electrons. The van der Waals surface area contributed by atoms with Gasteiger partial charge in [-0.15, -0.1) is 12.4 Å². The molecule has 2 aliphatic heterocycles. The van der Waals surface area contributed by atoms with Crippen molar-refractivity contribution < 1.29 is 14.3 Å². The van der Waals surface area contributed by atoms with E-state index in [1.165, 1.54) is 19.3 Å². The van der Waals surface area contributed by atoms with E-state index in [-0.39, 0.29) is 24.4 Å². The number of halogens is 1. The van der Waals surface area contributed by atoms with Crippen molar-refractivity contribution in [1.82, 2.24) is 14.8 Å². The van der Waals surface area contributed by atoms with Gasteiger partial charge in [0.05, 0.1) is 18.8 Å². The topological polar surface area (TPSA) is 54.9 Å². The molecule has 6 nitrogen and oxygen atoms in total. The molecule has 3 heterocycles. The van der Waals surface area contributed by atoms with Crippen LogP contribution in [0.4, 0.5) is 0 Å². The monoisotopic (exact) mass is 395 g/mol. The Bertz CT molecular complexity index is 603. The van der Waals surface area contributed by atoms with Crippen molar-refractivity contribution in [2.75, 3.05) is 39.4 Å². The molecule has 0 bridgehead atoms. The van der Waals surface area contributed by atoms with Gasteiger partial charge in [-0.1, -0.05) is 6.42 Å². The molecule has 1 aliphatic carbocycles. The van der Waals surface area contributed by atoms with Crippen LogP contribution in [0.15, 0.2) is 18.3 Å². The minimum absolute atomic E-state index is 0. The van der Waals surface area contributed by atoms with Gasteiger partial charge in [0.25, 0.3) is 5.91 Å². The number of carbonyl (C=O) groups is 1. The van der Waals surface area contributed by atoms with Gasteiger partial charge < -0.3 is 14.4 Å². The molecular formula is C20H30ClN3O3. The van der Waals surface area contributed by atoms with Crippen LogP contribution in [-0.4, -0.2) is 72.2 Å². The highest BCUT2D eigenvalue weighted by Gasteiger charge is 2.28. The Morgan fingerprint density at radius 3 is 2.52 bits per heavy atom. The molecule has 0 unspecified atom stereocenters. The molecule has 7 heteroatoms. The molecule has 0 N–H and O–H groups in total. The summed E-state index contributed by atoms with van der Waals surface area (Å²) in [5, 5.41) is 0. The molecule has 0 radical (unpaired) electrons. The average Bonchev–Trinajstić information content (AvgIpc) is 2.87. The molecule has 1 aromatic rings. The summed E-state index contributed by atoms with van der Waals surface area (Å²) in [6.07, 6.45) is 8.69. The lowest BCUT2D eigenvalue weighted by Gasteiger charge is -2.36. The maximum Gasteiger partial charge on any atom is 0.255 e. The number of aromatic nitrogens is 1.